The third-order valence-corrected chi connectivity index (χ3v) is 3.66. The molecule has 1 aliphatic rings. The van der Waals surface area contributed by atoms with Crippen molar-refractivity contribution in [3.63, 3.8) is 0 Å². The van der Waals surface area contributed by atoms with Gasteiger partial charge in [-0.1, -0.05) is 0 Å². The Hall–Kier alpha value is -0.820. The first-order valence-corrected chi connectivity index (χ1v) is 7.27. The normalized spacial score (nSPS) is 20.9. The molecule has 0 radical (unpaired) electrons. The van der Waals surface area contributed by atoms with E-state index in [-0.39, 0.29) is 36.6 Å². The lowest BCUT2D eigenvalue weighted by Crippen LogP contribution is -2.40. The number of nitrogens with one attached hydrogen (secondary N) is 2. The van der Waals surface area contributed by atoms with Gasteiger partial charge in [-0.05, 0) is 40.4 Å². The summed E-state index contributed by atoms with van der Waals surface area (Å²) in [7, 11) is 4.06. The first kappa shape index (κ1) is 21.2. The number of amides is 1. The average Bonchev–Trinajstić information content (AvgIpc) is 2.84. The maximum absolute atomic E-state index is 12.2. The molecule has 0 unspecified atom stereocenters. The largest absolute Gasteiger partial charge is 0.314 e. The Balaban J connectivity index is 0.00000220. The van der Waals surface area contributed by atoms with Crippen LogP contribution in [0.25, 0.3) is 0 Å². The van der Waals surface area contributed by atoms with E-state index in [1.807, 2.05) is 31.0 Å². The van der Waals surface area contributed by atoms with Crippen LogP contribution in [0.2, 0.25) is 0 Å². The van der Waals surface area contributed by atoms with E-state index in [0.29, 0.717) is 11.9 Å². The molecule has 0 bridgehead atoms. The van der Waals surface area contributed by atoms with Crippen LogP contribution in [0.5, 0.6) is 0 Å². The van der Waals surface area contributed by atoms with E-state index in [0.717, 1.165) is 32.5 Å². The molecule has 22 heavy (non-hydrogen) atoms. The van der Waals surface area contributed by atoms with Crippen LogP contribution >= 0.6 is 24.8 Å². The first-order valence-electron chi connectivity index (χ1n) is 7.27. The molecule has 1 aliphatic heterocycles. The molecule has 1 amide bonds. The fourth-order valence-corrected chi connectivity index (χ4v) is 2.45. The Labute approximate surface area is 144 Å². The number of likely N-dealkylation sites (N-methyl/N-ethyl adjacent to an activating group) is 1. The van der Waals surface area contributed by atoms with Gasteiger partial charge in [-0.25, -0.2) is 0 Å². The molecule has 2 heterocycles. The number of anilines is 1. The summed E-state index contributed by atoms with van der Waals surface area (Å²) in [6, 6.07) is 2.27. The number of nitrogens with zero attached hydrogens (tertiary/aromatic N) is 3. The lowest BCUT2D eigenvalue weighted by molar-refractivity contribution is -0.120. The van der Waals surface area contributed by atoms with E-state index in [9.17, 15) is 4.79 Å². The average molecular weight is 352 g/mol. The van der Waals surface area contributed by atoms with Gasteiger partial charge >= 0.3 is 0 Å². The molecule has 1 aromatic heterocycles. The molecule has 1 saturated heterocycles. The molecule has 0 aliphatic carbocycles. The van der Waals surface area contributed by atoms with Gasteiger partial charge in [-0.3, -0.25) is 9.48 Å². The minimum atomic E-state index is 0. The summed E-state index contributed by atoms with van der Waals surface area (Å²) in [6.07, 6.45) is 3.70. The highest BCUT2D eigenvalue weighted by molar-refractivity contribution is 5.91. The SMILES string of the molecule is C[C@H]1C[C@@H](C(=O)Nc2ccn(CCN(C)C)n2)CCN1.Cl.Cl. The van der Waals surface area contributed by atoms with Crippen LogP contribution in [0.1, 0.15) is 19.8 Å². The monoisotopic (exact) mass is 351 g/mol. The molecule has 0 saturated carbocycles. The number of hydrogen-bond donors (Lipinski definition) is 2. The lowest BCUT2D eigenvalue weighted by atomic mass is 9.92. The van der Waals surface area contributed by atoms with Crippen LogP contribution in [-0.4, -0.2) is 53.8 Å². The third-order valence-electron chi connectivity index (χ3n) is 3.66. The highest BCUT2D eigenvalue weighted by Gasteiger charge is 2.25. The fourth-order valence-electron chi connectivity index (χ4n) is 2.45. The predicted molar refractivity (Wildman–Crippen MR) is 94.1 cm³/mol. The van der Waals surface area contributed by atoms with Crippen LogP contribution in [0.4, 0.5) is 5.82 Å². The van der Waals surface area contributed by atoms with Crippen LogP contribution in [0.15, 0.2) is 12.3 Å². The van der Waals surface area contributed by atoms with Gasteiger partial charge in [0.2, 0.25) is 5.91 Å². The molecular formula is C14H27Cl2N5O. The summed E-state index contributed by atoms with van der Waals surface area (Å²) in [5.74, 6) is 0.842. The van der Waals surface area contributed by atoms with Gasteiger partial charge in [0.25, 0.3) is 0 Å². The van der Waals surface area contributed by atoms with Crippen molar-refractivity contribution in [1.29, 1.82) is 0 Å². The molecule has 0 aromatic carbocycles. The number of carbonyl (C=O) groups excluding carboxylic acids is 1. The van der Waals surface area contributed by atoms with E-state index in [1.54, 1.807) is 0 Å². The second-order valence-corrected chi connectivity index (χ2v) is 5.83. The zero-order valence-corrected chi connectivity index (χ0v) is 15.0. The minimum Gasteiger partial charge on any atom is -0.314 e. The standard InChI is InChI=1S/C14H25N5O.2ClH/c1-11-10-12(4-6-15-11)14(20)16-13-5-7-19(17-13)9-8-18(2)3;;/h5,7,11-12,15H,4,6,8-10H2,1-3H3,(H,16,17,20);2*1H/t11-,12-;;/m0../s1. The van der Waals surface area contributed by atoms with E-state index < -0.39 is 0 Å². The summed E-state index contributed by atoms with van der Waals surface area (Å²) in [4.78, 5) is 14.3. The van der Waals surface area contributed by atoms with Crippen molar-refractivity contribution in [1.82, 2.24) is 20.0 Å². The Morgan fingerprint density at radius 1 is 1.50 bits per heavy atom. The Morgan fingerprint density at radius 3 is 2.86 bits per heavy atom. The topological polar surface area (TPSA) is 62.2 Å². The number of aromatic nitrogens is 2. The predicted octanol–water partition coefficient (Wildman–Crippen LogP) is 1.61. The van der Waals surface area contributed by atoms with Crippen molar-refractivity contribution in [2.75, 3.05) is 32.5 Å². The molecule has 1 fully saturated rings. The van der Waals surface area contributed by atoms with Crippen LogP contribution < -0.4 is 10.6 Å². The van der Waals surface area contributed by atoms with E-state index >= 15 is 0 Å². The van der Waals surface area contributed by atoms with Crippen LogP contribution in [-0.2, 0) is 11.3 Å². The van der Waals surface area contributed by atoms with Gasteiger partial charge in [0.1, 0.15) is 0 Å². The molecule has 2 N–H and O–H groups in total. The number of carbonyl (C=O) groups is 1. The van der Waals surface area contributed by atoms with Crippen molar-refractivity contribution in [2.45, 2.75) is 32.4 Å². The highest BCUT2D eigenvalue weighted by Crippen LogP contribution is 2.18. The molecule has 0 spiro atoms. The maximum Gasteiger partial charge on any atom is 0.228 e. The zero-order chi connectivity index (χ0) is 14.5. The molecule has 1 aromatic rings. The summed E-state index contributed by atoms with van der Waals surface area (Å²) in [5.41, 5.74) is 0. The molecule has 2 rings (SSSR count). The number of rotatable bonds is 5. The second-order valence-electron chi connectivity index (χ2n) is 5.83. The van der Waals surface area contributed by atoms with Gasteiger partial charge in [0, 0.05) is 30.8 Å². The zero-order valence-electron chi connectivity index (χ0n) is 13.4. The first-order chi connectivity index (χ1) is 9.54. The molecule has 2 atom stereocenters. The quantitative estimate of drug-likeness (QED) is 0.845. The molecule has 128 valence electrons. The van der Waals surface area contributed by atoms with Crippen molar-refractivity contribution >= 4 is 36.5 Å². The van der Waals surface area contributed by atoms with Gasteiger partial charge in [0.05, 0.1) is 6.54 Å². The summed E-state index contributed by atoms with van der Waals surface area (Å²) < 4.78 is 1.86. The fraction of sp³-hybridized carbons (Fsp3) is 0.714. The number of hydrogen-bond acceptors (Lipinski definition) is 4. The molecule has 6 nitrogen and oxygen atoms in total. The minimum absolute atomic E-state index is 0. The maximum atomic E-state index is 12.2. The summed E-state index contributed by atoms with van der Waals surface area (Å²) >= 11 is 0. The van der Waals surface area contributed by atoms with Gasteiger partial charge in [0.15, 0.2) is 5.82 Å². The van der Waals surface area contributed by atoms with Gasteiger partial charge < -0.3 is 15.5 Å². The summed E-state index contributed by atoms with van der Waals surface area (Å²) in [5, 5.41) is 10.7. The van der Waals surface area contributed by atoms with Crippen molar-refractivity contribution in [3.05, 3.63) is 12.3 Å². The third kappa shape index (κ3) is 6.52. The Bertz CT molecular complexity index is 452. The van der Waals surface area contributed by atoms with Gasteiger partial charge in [-0.15, -0.1) is 24.8 Å². The Kier molecular flexibility index (Phi) is 9.67. The highest BCUT2D eigenvalue weighted by atomic mass is 35.5. The molecular weight excluding hydrogens is 325 g/mol. The summed E-state index contributed by atoms with van der Waals surface area (Å²) in [6.45, 7) is 4.79. The van der Waals surface area contributed by atoms with Gasteiger partial charge in [-0.2, -0.15) is 5.10 Å². The Morgan fingerprint density at radius 2 is 2.23 bits per heavy atom. The van der Waals surface area contributed by atoms with Crippen LogP contribution in [0, 0.1) is 5.92 Å². The molecule has 8 heteroatoms. The van der Waals surface area contributed by atoms with Crippen molar-refractivity contribution in [3.8, 4) is 0 Å². The van der Waals surface area contributed by atoms with E-state index in [4.69, 9.17) is 0 Å². The second kappa shape index (κ2) is 10.0. The smallest absolute Gasteiger partial charge is 0.228 e. The number of piperidine rings is 1. The van der Waals surface area contributed by atoms with Crippen LogP contribution in [0.3, 0.4) is 0 Å². The lowest BCUT2D eigenvalue weighted by Gasteiger charge is -2.26. The number of halogens is 2. The van der Waals surface area contributed by atoms with E-state index in [1.165, 1.54) is 0 Å². The van der Waals surface area contributed by atoms with Crippen molar-refractivity contribution in [2.24, 2.45) is 5.92 Å². The van der Waals surface area contributed by atoms with E-state index in [2.05, 4.69) is 27.6 Å². The van der Waals surface area contributed by atoms with Crippen molar-refractivity contribution < 1.29 is 4.79 Å².